The van der Waals surface area contributed by atoms with Crippen LogP contribution in [0.2, 0.25) is 0 Å². The van der Waals surface area contributed by atoms with Crippen molar-refractivity contribution in [2.24, 2.45) is 0 Å². The van der Waals surface area contributed by atoms with Crippen molar-refractivity contribution in [3.63, 3.8) is 0 Å². The van der Waals surface area contributed by atoms with Gasteiger partial charge < -0.3 is 5.32 Å². The molecule has 0 saturated heterocycles. The molecule has 1 amide bonds. The minimum Gasteiger partial charge on any atom is -0.359 e. The molecule has 0 aromatic heterocycles. The Balaban J connectivity index is 1.79. The van der Waals surface area contributed by atoms with Crippen molar-refractivity contribution in [3.05, 3.63) is 70.8 Å². The van der Waals surface area contributed by atoms with Gasteiger partial charge in [-0.3, -0.25) is 4.79 Å². The molecule has 0 unspecified atom stereocenters. The van der Waals surface area contributed by atoms with E-state index in [-0.39, 0.29) is 5.91 Å². The standard InChI is InChI=1S/C20H22F3NO/c1-24-19(25)14-17-11-9-15(10-12-17)5-2-3-6-16-7-4-8-18(13-16)20(21,22)23/h4,7-13H,2-3,5-6,14H2,1H3,(H,24,25). The fraction of sp³-hybridized carbons (Fsp3) is 0.350. The Labute approximate surface area is 146 Å². The van der Waals surface area contributed by atoms with Gasteiger partial charge in [-0.2, -0.15) is 13.2 Å². The largest absolute Gasteiger partial charge is 0.416 e. The summed E-state index contributed by atoms with van der Waals surface area (Å²) < 4.78 is 38.1. The van der Waals surface area contributed by atoms with E-state index in [9.17, 15) is 18.0 Å². The highest BCUT2D eigenvalue weighted by Crippen LogP contribution is 2.29. The Bertz CT molecular complexity index is 693. The average Bonchev–Trinajstić information content (AvgIpc) is 2.59. The lowest BCUT2D eigenvalue weighted by Crippen LogP contribution is -2.19. The lowest BCUT2D eigenvalue weighted by molar-refractivity contribution is -0.137. The molecule has 0 heterocycles. The Hall–Kier alpha value is -2.30. The molecular weight excluding hydrogens is 327 g/mol. The van der Waals surface area contributed by atoms with Gasteiger partial charge >= 0.3 is 6.18 Å². The number of hydrogen-bond donors (Lipinski definition) is 1. The molecule has 2 aromatic rings. The molecule has 2 nitrogen and oxygen atoms in total. The Kier molecular flexibility index (Phi) is 6.62. The molecule has 5 heteroatoms. The lowest BCUT2D eigenvalue weighted by Gasteiger charge is -2.09. The second-order valence-corrected chi connectivity index (χ2v) is 6.07. The SMILES string of the molecule is CNC(=O)Cc1ccc(CCCCc2cccc(C(F)(F)F)c2)cc1. The van der Waals surface area contributed by atoms with Gasteiger partial charge in [0.1, 0.15) is 0 Å². The van der Waals surface area contributed by atoms with Crippen molar-refractivity contribution in [1.29, 1.82) is 0 Å². The summed E-state index contributed by atoms with van der Waals surface area (Å²) in [4.78, 5) is 11.3. The van der Waals surface area contributed by atoms with E-state index in [1.54, 1.807) is 13.1 Å². The van der Waals surface area contributed by atoms with E-state index >= 15 is 0 Å². The molecule has 0 radical (unpaired) electrons. The summed E-state index contributed by atoms with van der Waals surface area (Å²) in [6, 6.07) is 13.4. The molecule has 134 valence electrons. The predicted molar refractivity (Wildman–Crippen MR) is 92.3 cm³/mol. The van der Waals surface area contributed by atoms with Crippen LogP contribution in [-0.4, -0.2) is 13.0 Å². The van der Waals surface area contributed by atoms with Crippen LogP contribution in [0.3, 0.4) is 0 Å². The number of unbranched alkanes of at least 4 members (excludes halogenated alkanes) is 1. The van der Waals surface area contributed by atoms with Crippen LogP contribution in [0, 0.1) is 0 Å². The summed E-state index contributed by atoms with van der Waals surface area (Å²) >= 11 is 0. The number of likely N-dealkylation sites (N-methyl/N-ethyl adjacent to an activating group) is 1. The van der Waals surface area contributed by atoms with Crippen LogP contribution in [0.4, 0.5) is 13.2 Å². The van der Waals surface area contributed by atoms with Gasteiger partial charge in [0.2, 0.25) is 5.91 Å². The number of carbonyl (C=O) groups excluding carboxylic acids is 1. The van der Waals surface area contributed by atoms with Crippen molar-refractivity contribution in [2.75, 3.05) is 7.05 Å². The maximum absolute atomic E-state index is 12.7. The molecule has 2 rings (SSSR count). The number of halogens is 3. The van der Waals surface area contributed by atoms with Crippen LogP contribution >= 0.6 is 0 Å². The van der Waals surface area contributed by atoms with Gasteiger partial charge in [0.25, 0.3) is 0 Å². The first-order chi connectivity index (χ1) is 11.9. The quantitative estimate of drug-likeness (QED) is 0.730. The molecule has 0 fully saturated rings. The van der Waals surface area contributed by atoms with E-state index in [1.165, 1.54) is 17.7 Å². The number of rotatable bonds is 7. The zero-order valence-electron chi connectivity index (χ0n) is 14.2. The van der Waals surface area contributed by atoms with Crippen LogP contribution in [0.5, 0.6) is 0 Å². The van der Waals surface area contributed by atoms with E-state index in [2.05, 4.69) is 5.32 Å². The van der Waals surface area contributed by atoms with Gasteiger partial charge in [-0.15, -0.1) is 0 Å². The van der Waals surface area contributed by atoms with Gasteiger partial charge in [-0.1, -0.05) is 42.5 Å². The van der Waals surface area contributed by atoms with Gasteiger partial charge in [-0.05, 0) is 48.4 Å². The highest BCUT2D eigenvalue weighted by atomic mass is 19.4. The molecule has 1 N–H and O–H groups in total. The third-order valence-corrected chi connectivity index (χ3v) is 4.10. The highest BCUT2D eigenvalue weighted by molar-refractivity contribution is 5.78. The molecule has 0 aliphatic heterocycles. The first kappa shape index (κ1) is 19.0. The normalized spacial score (nSPS) is 11.4. The maximum Gasteiger partial charge on any atom is 0.416 e. The highest BCUT2D eigenvalue weighted by Gasteiger charge is 2.30. The fourth-order valence-corrected chi connectivity index (χ4v) is 2.66. The van der Waals surface area contributed by atoms with Crippen LogP contribution < -0.4 is 5.32 Å². The van der Waals surface area contributed by atoms with Crippen molar-refractivity contribution >= 4 is 5.91 Å². The monoisotopic (exact) mass is 349 g/mol. The Morgan fingerprint density at radius 2 is 1.52 bits per heavy atom. The summed E-state index contributed by atoms with van der Waals surface area (Å²) in [5.41, 5.74) is 2.27. The summed E-state index contributed by atoms with van der Waals surface area (Å²) in [6.07, 6.45) is -0.664. The smallest absolute Gasteiger partial charge is 0.359 e. The number of nitrogens with one attached hydrogen (secondary N) is 1. The Morgan fingerprint density at radius 1 is 0.920 bits per heavy atom. The first-order valence-electron chi connectivity index (χ1n) is 8.33. The van der Waals surface area contributed by atoms with E-state index < -0.39 is 11.7 Å². The predicted octanol–water partition coefficient (Wildman–Crippen LogP) is 4.56. The van der Waals surface area contributed by atoms with Crippen molar-refractivity contribution < 1.29 is 18.0 Å². The summed E-state index contributed by atoms with van der Waals surface area (Å²) in [7, 11) is 1.61. The number of alkyl halides is 3. The molecule has 0 aliphatic carbocycles. The fourth-order valence-electron chi connectivity index (χ4n) is 2.66. The van der Waals surface area contributed by atoms with Crippen molar-refractivity contribution in [2.45, 2.75) is 38.3 Å². The number of amides is 1. The molecule has 0 bridgehead atoms. The average molecular weight is 349 g/mol. The van der Waals surface area contributed by atoms with Crippen molar-refractivity contribution in [3.8, 4) is 0 Å². The minimum atomic E-state index is -4.29. The minimum absolute atomic E-state index is 0.0196. The summed E-state index contributed by atoms with van der Waals surface area (Å²) in [6.45, 7) is 0. The molecule has 25 heavy (non-hydrogen) atoms. The summed E-state index contributed by atoms with van der Waals surface area (Å²) in [5.74, 6) is -0.0196. The van der Waals surface area contributed by atoms with E-state index in [4.69, 9.17) is 0 Å². The summed E-state index contributed by atoms with van der Waals surface area (Å²) in [5, 5.41) is 2.59. The second-order valence-electron chi connectivity index (χ2n) is 6.07. The number of hydrogen-bond acceptors (Lipinski definition) is 1. The number of aryl methyl sites for hydroxylation is 2. The van der Waals surface area contributed by atoms with Crippen LogP contribution in [0.15, 0.2) is 48.5 Å². The van der Waals surface area contributed by atoms with Gasteiger partial charge in [0, 0.05) is 7.05 Å². The maximum atomic E-state index is 12.7. The number of benzene rings is 2. The third kappa shape index (κ3) is 6.25. The molecule has 0 aliphatic rings. The zero-order valence-corrected chi connectivity index (χ0v) is 14.2. The van der Waals surface area contributed by atoms with Crippen LogP contribution in [0.25, 0.3) is 0 Å². The molecule has 2 aromatic carbocycles. The van der Waals surface area contributed by atoms with Gasteiger partial charge in [-0.25, -0.2) is 0 Å². The third-order valence-electron chi connectivity index (χ3n) is 4.10. The van der Waals surface area contributed by atoms with E-state index in [0.29, 0.717) is 12.8 Å². The number of carbonyl (C=O) groups is 1. The Morgan fingerprint density at radius 3 is 2.12 bits per heavy atom. The van der Waals surface area contributed by atoms with E-state index in [0.717, 1.165) is 36.5 Å². The second kappa shape index (κ2) is 8.70. The lowest BCUT2D eigenvalue weighted by atomic mass is 10.0. The van der Waals surface area contributed by atoms with Crippen LogP contribution in [-0.2, 0) is 30.2 Å². The van der Waals surface area contributed by atoms with Crippen molar-refractivity contribution in [1.82, 2.24) is 5.32 Å². The first-order valence-corrected chi connectivity index (χ1v) is 8.33. The molecule has 0 spiro atoms. The molecular formula is C20H22F3NO. The van der Waals surface area contributed by atoms with Crippen LogP contribution in [0.1, 0.15) is 35.1 Å². The zero-order chi connectivity index (χ0) is 18.3. The molecule has 0 atom stereocenters. The van der Waals surface area contributed by atoms with Gasteiger partial charge in [0.05, 0.1) is 12.0 Å². The molecule has 0 saturated carbocycles. The van der Waals surface area contributed by atoms with E-state index in [1.807, 2.05) is 24.3 Å². The van der Waals surface area contributed by atoms with Gasteiger partial charge in [0.15, 0.2) is 0 Å². The topological polar surface area (TPSA) is 29.1 Å².